The average Bonchev–Trinajstić information content (AvgIpc) is 2.44. The van der Waals surface area contributed by atoms with Crippen molar-refractivity contribution >= 4 is 35.8 Å². The molecule has 1 saturated heterocycles. The Labute approximate surface area is 159 Å². The molecule has 1 heterocycles. The highest BCUT2D eigenvalue weighted by atomic mass is 127. The van der Waals surface area contributed by atoms with Gasteiger partial charge in [0.15, 0.2) is 5.96 Å². The molecular weight excluding hydrogens is 403 g/mol. The van der Waals surface area contributed by atoms with Crippen molar-refractivity contribution in [3.63, 3.8) is 0 Å². The highest BCUT2D eigenvalue weighted by molar-refractivity contribution is 14.0. The van der Waals surface area contributed by atoms with Gasteiger partial charge in [-0.1, -0.05) is 27.2 Å². The summed E-state index contributed by atoms with van der Waals surface area (Å²) >= 11 is 0. The van der Waals surface area contributed by atoms with Crippen molar-refractivity contribution in [1.82, 2.24) is 15.1 Å². The van der Waals surface area contributed by atoms with E-state index in [0.29, 0.717) is 5.41 Å². The Morgan fingerprint density at radius 2 is 1.65 bits per heavy atom. The lowest BCUT2D eigenvalue weighted by atomic mass is 9.90. The van der Waals surface area contributed by atoms with E-state index in [0.717, 1.165) is 51.6 Å². The molecule has 0 aromatic carbocycles. The Morgan fingerprint density at radius 3 is 2.13 bits per heavy atom. The minimum atomic E-state index is 0. The van der Waals surface area contributed by atoms with Gasteiger partial charge in [0.2, 0.25) is 5.91 Å². The van der Waals surface area contributed by atoms with E-state index in [2.05, 4.69) is 37.9 Å². The SMILES string of the molecule is CCNC(=NCCCCC(C)(C)C)N1CCN(C(C)=O)CC1.I. The molecule has 1 amide bonds. The first-order chi connectivity index (χ1) is 10.3. The van der Waals surface area contributed by atoms with E-state index in [1.54, 1.807) is 6.92 Å². The van der Waals surface area contributed by atoms with Crippen molar-refractivity contribution < 1.29 is 4.79 Å². The highest BCUT2D eigenvalue weighted by Gasteiger charge is 2.20. The summed E-state index contributed by atoms with van der Waals surface area (Å²) in [6.07, 6.45) is 3.61. The normalized spacial score (nSPS) is 16.1. The summed E-state index contributed by atoms with van der Waals surface area (Å²) in [5, 5.41) is 3.38. The van der Waals surface area contributed by atoms with E-state index in [-0.39, 0.29) is 29.9 Å². The monoisotopic (exact) mass is 438 g/mol. The van der Waals surface area contributed by atoms with E-state index in [4.69, 9.17) is 4.99 Å². The Kier molecular flexibility index (Phi) is 10.8. The number of nitrogens with zero attached hydrogens (tertiary/aromatic N) is 3. The van der Waals surface area contributed by atoms with Crippen LogP contribution in [-0.2, 0) is 4.79 Å². The van der Waals surface area contributed by atoms with Crippen molar-refractivity contribution in [2.75, 3.05) is 39.3 Å². The fourth-order valence-corrected chi connectivity index (χ4v) is 2.61. The number of hydrogen-bond acceptors (Lipinski definition) is 2. The van der Waals surface area contributed by atoms with Crippen LogP contribution in [-0.4, -0.2) is 60.9 Å². The van der Waals surface area contributed by atoms with E-state index < -0.39 is 0 Å². The lowest BCUT2D eigenvalue weighted by molar-refractivity contribution is -0.130. The lowest BCUT2D eigenvalue weighted by Gasteiger charge is -2.36. The molecule has 0 radical (unpaired) electrons. The Bertz CT molecular complexity index is 371. The number of carbonyl (C=O) groups excluding carboxylic acids is 1. The Morgan fingerprint density at radius 1 is 1.09 bits per heavy atom. The summed E-state index contributed by atoms with van der Waals surface area (Å²) < 4.78 is 0. The van der Waals surface area contributed by atoms with Crippen LogP contribution < -0.4 is 5.32 Å². The fourth-order valence-electron chi connectivity index (χ4n) is 2.61. The summed E-state index contributed by atoms with van der Waals surface area (Å²) in [5.41, 5.74) is 0.414. The van der Waals surface area contributed by atoms with E-state index >= 15 is 0 Å². The van der Waals surface area contributed by atoms with Gasteiger partial charge in [-0.25, -0.2) is 0 Å². The zero-order valence-electron chi connectivity index (χ0n) is 15.5. The van der Waals surface area contributed by atoms with E-state index in [9.17, 15) is 4.79 Å². The molecule has 6 heteroatoms. The van der Waals surface area contributed by atoms with Crippen molar-refractivity contribution in [1.29, 1.82) is 0 Å². The number of unbranched alkanes of at least 4 members (excludes halogenated alkanes) is 1. The van der Waals surface area contributed by atoms with Crippen LogP contribution >= 0.6 is 24.0 Å². The molecule has 23 heavy (non-hydrogen) atoms. The maximum absolute atomic E-state index is 11.4. The molecule has 1 aliphatic rings. The number of guanidine groups is 1. The molecule has 0 aromatic heterocycles. The predicted octanol–water partition coefficient (Wildman–Crippen LogP) is 2.95. The second kappa shape index (κ2) is 11.1. The standard InChI is InChI=1S/C17H34N4O.HI/c1-6-18-16(19-10-8-7-9-17(3,4)5)21-13-11-20(12-14-21)15(2)22;/h6-14H2,1-5H3,(H,18,19);1H. The second-order valence-corrected chi connectivity index (χ2v) is 7.25. The number of rotatable bonds is 5. The van der Waals surface area contributed by atoms with Gasteiger partial charge in [-0.3, -0.25) is 9.79 Å². The minimum Gasteiger partial charge on any atom is -0.357 e. The van der Waals surface area contributed by atoms with Crippen LogP contribution in [0.2, 0.25) is 0 Å². The van der Waals surface area contributed by atoms with Crippen LogP contribution in [0, 0.1) is 5.41 Å². The molecule has 0 atom stereocenters. The summed E-state index contributed by atoms with van der Waals surface area (Å²) in [6.45, 7) is 15.7. The van der Waals surface area contributed by atoms with Crippen LogP contribution in [0.15, 0.2) is 4.99 Å². The third kappa shape index (κ3) is 9.37. The lowest BCUT2D eigenvalue weighted by Crippen LogP contribution is -2.53. The third-order valence-corrected chi connectivity index (χ3v) is 3.96. The van der Waals surface area contributed by atoms with E-state index in [1.807, 2.05) is 4.90 Å². The molecule has 1 N–H and O–H groups in total. The van der Waals surface area contributed by atoms with Gasteiger partial charge in [-0.05, 0) is 25.2 Å². The molecule has 1 aliphatic heterocycles. The van der Waals surface area contributed by atoms with Crippen LogP contribution in [0.4, 0.5) is 0 Å². The summed E-state index contributed by atoms with van der Waals surface area (Å²) in [4.78, 5) is 20.3. The average molecular weight is 438 g/mol. The number of halogens is 1. The number of amides is 1. The molecule has 136 valence electrons. The van der Waals surface area contributed by atoms with Crippen LogP contribution in [0.1, 0.15) is 53.9 Å². The zero-order chi connectivity index (χ0) is 16.6. The fraction of sp³-hybridized carbons (Fsp3) is 0.882. The van der Waals surface area contributed by atoms with Gasteiger partial charge in [0.25, 0.3) is 0 Å². The first kappa shape index (κ1) is 22.5. The summed E-state index contributed by atoms with van der Waals surface area (Å²) in [6, 6.07) is 0. The third-order valence-electron chi connectivity index (χ3n) is 3.96. The van der Waals surface area contributed by atoms with Gasteiger partial charge in [-0.2, -0.15) is 0 Å². The summed E-state index contributed by atoms with van der Waals surface area (Å²) in [5.74, 6) is 1.17. The van der Waals surface area contributed by atoms with Gasteiger partial charge in [0.05, 0.1) is 0 Å². The first-order valence-corrected chi connectivity index (χ1v) is 8.62. The minimum absolute atomic E-state index is 0. The largest absolute Gasteiger partial charge is 0.357 e. The van der Waals surface area contributed by atoms with Crippen molar-refractivity contribution in [3.8, 4) is 0 Å². The smallest absolute Gasteiger partial charge is 0.219 e. The number of aliphatic imine (C=N–C) groups is 1. The van der Waals surface area contributed by atoms with Crippen LogP contribution in [0.25, 0.3) is 0 Å². The number of hydrogen-bond donors (Lipinski definition) is 1. The molecule has 0 aliphatic carbocycles. The molecule has 0 saturated carbocycles. The predicted molar refractivity (Wildman–Crippen MR) is 109 cm³/mol. The van der Waals surface area contributed by atoms with Crippen molar-refractivity contribution in [2.45, 2.75) is 53.9 Å². The first-order valence-electron chi connectivity index (χ1n) is 8.62. The molecule has 1 fully saturated rings. The molecule has 0 aromatic rings. The zero-order valence-corrected chi connectivity index (χ0v) is 17.9. The quantitative estimate of drug-likeness (QED) is 0.311. The van der Waals surface area contributed by atoms with Crippen molar-refractivity contribution in [2.24, 2.45) is 10.4 Å². The molecule has 0 unspecified atom stereocenters. The maximum atomic E-state index is 11.4. The van der Waals surface area contributed by atoms with Gasteiger partial charge in [0, 0.05) is 46.2 Å². The molecule has 5 nitrogen and oxygen atoms in total. The van der Waals surface area contributed by atoms with Gasteiger partial charge in [-0.15, -0.1) is 24.0 Å². The number of carbonyl (C=O) groups is 1. The molecule has 1 rings (SSSR count). The van der Waals surface area contributed by atoms with Gasteiger partial charge >= 0.3 is 0 Å². The molecular formula is C17H35IN4O. The van der Waals surface area contributed by atoms with E-state index in [1.165, 1.54) is 12.8 Å². The van der Waals surface area contributed by atoms with Crippen LogP contribution in [0.5, 0.6) is 0 Å². The Hall–Kier alpha value is -0.530. The van der Waals surface area contributed by atoms with Gasteiger partial charge < -0.3 is 15.1 Å². The molecule has 0 bridgehead atoms. The maximum Gasteiger partial charge on any atom is 0.219 e. The van der Waals surface area contributed by atoms with Gasteiger partial charge in [0.1, 0.15) is 0 Å². The summed E-state index contributed by atoms with van der Waals surface area (Å²) in [7, 11) is 0. The highest BCUT2D eigenvalue weighted by Crippen LogP contribution is 2.21. The van der Waals surface area contributed by atoms with Crippen molar-refractivity contribution in [3.05, 3.63) is 0 Å². The number of piperazine rings is 1. The second-order valence-electron chi connectivity index (χ2n) is 7.25. The van der Waals surface area contributed by atoms with Crippen LogP contribution in [0.3, 0.4) is 0 Å². The molecule has 0 spiro atoms. The topological polar surface area (TPSA) is 47.9 Å². The Balaban J connectivity index is 0.00000484. The number of nitrogens with one attached hydrogen (secondary N) is 1.